The second-order valence-electron chi connectivity index (χ2n) is 5.26. The molecule has 8 heteroatoms. The zero-order valence-electron chi connectivity index (χ0n) is 13.4. The normalized spacial score (nSPS) is 10.7. The number of hydrogen-bond donors (Lipinski definition) is 0. The molecule has 0 spiro atoms. The van der Waals surface area contributed by atoms with E-state index in [-0.39, 0.29) is 6.61 Å². The van der Waals surface area contributed by atoms with Crippen LogP contribution in [0.5, 0.6) is 0 Å². The lowest BCUT2D eigenvalue weighted by Crippen LogP contribution is -2.11. The summed E-state index contributed by atoms with van der Waals surface area (Å²) in [7, 11) is 0. The third-order valence-electron chi connectivity index (χ3n) is 3.50. The van der Waals surface area contributed by atoms with Crippen LogP contribution in [0.2, 0.25) is 0 Å². The smallest absolute Gasteiger partial charge is 0.341 e. The van der Waals surface area contributed by atoms with Gasteiger partial charge in [-0.2, -0.15) is 5.10 Å². The van der Waals surface area contributed by atoms with Crippen LogP contribution in [0.15, 0.2) is 42.7 Å². The molecule has 3 rings (SSSR count). The molecule has 0 radical (unpaired) electrons. The van der Waals surface area contributed by atoms with Crippen LogP contribution in [0.4, 0.5) is 0 Å². The third kappa shape index (κ3) is 3.65. The number of benzene rings is 1. The fourth-order valence-electron chi connectivity index (χ4n) is 2.17. The van der Waals surface area contributed by atoms with Crippen LogP contribution in [0.3, 0.4) is 0 Å². The van der Waals surface area contributed by atoms with Crippen LogP contribution >= 0.6 is 0 Å². The van der Waals surface area contributed by atoms with E-state index in [9.17, 15) is 4.79 Å². The molecule has 2 aromatic heterocycles. The van der Waals surface area contributed by atoms with Crippen molar-refractivity contribution < 1.29 is 9.53 Å². The van der Waals surface area contributed by atoms with Crippen molar-refractivity contribution in [1.29, 1.82) is 0 Å². The van der Waals surface area contributed by atoms with Gasteiger partial charge in [-0.05, 0) is 29.0 Å². The first-order chi connectivity index (χ1) is 11.8. The van der Waals surface area contributed by atoms with Gasteiger partial charge in [0.25, 0.3) is 0 Å². The molecule has 0 amide bonds. The van der Waals surface area contributed by atoms with E-state index in [1.807, 2.05) is 30.3 Å². The van der Waals surface area contributed by atoms with Gasteiger partial charge in [0.15, 0.2) is 12.4 Å². The van der Waals surface area contributed by atoms with Gasteiger partial charge in [0.2, 0.25) is 0 Å². The molecular formula is C16H18N6O2. The highest BCUT2D eigenvalue weighted by Gasteiger charge is 2.13. The minimum absolute atomic E-state index is 0.0338. The average Bonchev–Trinajstić information content (AvgIpc) is 3.28. The largest absolute Gasteiger partial charge is 0.454 e. The topological polar surface area (TPSA) is 87.7 Å². The average molecular weight is 326 g/mol. The molecule has 1 aromatic carbocycles. The Kier molecular flexibility index (Phi) is 4.95. The fourth-order valence-corrected chi connectivity index (χ4v) is 2.17. The Balaban J connectivity index is 1.62. The molecule has 3 aromatic rings. The van der Waals surface area contributed by atoms with E-state index in [1.54, 1.807) is 15.6 Å². The number of carbonyl (C=O) groups excluding carboxylic acids is 1. The Bertz CT molecular complexity index is 796. The number of esters is 1. The van der Waals surface area contributed by atoms with Gasteiger partial charge in [0.05, 0.1) is 17.4 Å². The Morgan fingerprint density at radius 3 is 2.88 bits per heavy atom. The monoisotopic (exact) mass is 326 g/mol. The van der Waals surface area contributed by atoms with Gasteiger partial charge in [0.1, 0.15) is 0 Å². The number of hydrogen-bond acceptors (Lipinski definition) is 6. The summed E-state index contributed by atoms with van der Waals surface area (Å²) >= 11 is 0. The molecule has 0 aliphatic heterocycles. The summed E-state index contributed by atoms with van der Waals surface area (Å²) in [6.07, 6.45) is 5.13. The summed E-state index contributed by atoms with van der Waals surface area (Å²) in [6, 6.07) is 9.55. The molecule has 0 bridgehead atoms. The SMILES string of the molecule is CCCCn1nnnc1COC(=O)c1cnn(-c2ccccc2)c1. The van der Waals surface area contributed by atoms with Gasteiger partial charge in [-0.15, -0.1) is 5.10 Å². The van der Waals surface area contributed by atoms with Crippen molar-refractivity contribution >= 4 is 5.97 Å². The highest BCUT2D eigenvalue weighted by atomic mass is 16.5. The number of nitrogens with zero attached hydrogens (tertiary/aromatic N) is 6. The van der Waals surface area contributed by atoms with E-state index < -0.39 is 5.97 Å². The predicted molar refractivity (Wildman–Crippen MR) is 85.4 cm³/mol. The summed E-state index contributed by atoms with van der Waals surface area (Å²) in [6.45, 7) is 2.84. The quantitative estimate of drug-likeness (QED) is 0.617. The Hall–Kier alpha value is -3.03. The molecular weight excluding hydrogens is 308 g/mol. The van der Waals surface area contributed by atoms with Crippen molar-refractivity contribution in [3.8, 4) is 5.69 Å². The molecule has 0 aliphatic carbocycles. The number of ether oxygens (including phenoxy) is 1. The van der Waals surface area contributed by atoms with E-state index in [4.69, 9.17) is 4.74 Å². The zero-order valence-corrected chi connectivity index (χ0v) is 13.4. The molecule has 0 saturated heterocycles. The first kappa shape index (κ1) is 15.9. The number of aryl methyl sites for hydroxylation is 1. The summed E-state index contributed by atoms with van der Waals surface area (Å²) in [4.78, 5) is 12.2. The van der Waals surface area contributed by atoms with Gasteiger partial charge in [-0.25, -0.2) is 14.2 Å². The molecule has 8 nitrogen and oxygen atoms in total. The van der Waals surface area contributed by atoms with E-state index in [2.05, 4.69) is 27.5 Å². The Morgan fingerprint density at radius 2 is 2.08 bits per heavy atom. The van der Waals surface area contributed by atoms with Crippen LogP contribution in [0.25, 0.3) is 5.69 Å². The fraction of sp³-hybridized carbons (Fsp3) is 0.312. The number of unbranched alkanes of at least 4 members (excludes halogenated alkanes) is 1. The summed E-state index contributed by atoms with van der Waals surface area (Å²) in [5.41, 5.74) is 1.26. The van der Waals surface area contributed by atoms with Crippen LogP contribution in [0, 0.1) is 0 Å². The number of tetrazole rings is 1. The third-order valence-corrected chi connectivity index (χ3v) is 3.50. The molecule has 124 valence electrons. The highest BCUT2D eigenvalue weighted by molar-refractivity contribution is 5.88. The van der Waals surface area contributed by atoms with Crippen molar-refractivity contribution in [2.24, 2.45) is 0 Å². The lowest BCUT2D eigenvalue weighted by Gasteiger charge is -2.04. The molecule has 0 unspecified atom stereocenters. The molecule has 24 heavy (non-hydrogen) atoms. The van der Waals surface area contributed by atoms with Crippen molar-refractivity contribution in [3.05, 3.63) is 54.1 Å². The van der Waals surface area contributed by atoms with E-state index in [0.717, 1.165) is 18.5 Å². The first-order valence-corrected chi connectivity index (χ1v) is 7.80. The lowest BCUT2D eigenvalue weighted by atomic mass is 10.3. The van der Waals surface area contributed by atoms with Crippen molar-refractivity contribution in [1.82, 2.24) is 30.0 Å². The van der Waals surface area contributed by atoms with Gasteiger partial charge in [-0.3, -0.25) is 0 Å². The van der Waals surface area contributed by atoms with E-state index in [1.165, 1.54) is 6.20 Å². The van der Waals surface area contributed by atoms with Crippen molar-refractivity contribution in [3.63, 3.8) is 0 Å². The molecule has 2 heterocycles. The van der Waals surface area contributed by atoms with Gasteiger partial charge < -0.3 is 4.74 Å². The number of para-hydroxylation sites is 1. The number of carbonyl (C=O) groups is 1. The second-order valence-corrected chi connectivity index (χ2v) is 5.26. The van der Waals surface area contributed by atoms with Gasteiger partial charge >= 0.3 is 5.97 Å². The Morgan fingerprint density at radius 1 is 1.25 bits per heavy atom. The van der Waals surface area contributed by atoms with E-state index in [0.29, 0.717) is 17.9 Å². The molecule has 0 atom stereocenters. The Labute approximate surface area is 139 Å². The number of rotatable bonds is 7. The maximum Gasteiger partial charge on any atom is 0.341 e. The molecule has 0 fully saturated rings. The van der Waals surface area contributed by atoms with Crippen LogP contribution < -0.4 is 0 Å². The molecule has 0 aliphatic rings. The summed E-state index contributed by atoms with van der Waals surface area (Å²) in [5.74, 6) is 0.0782. The predicted octanol–water partition coefficient (Wildman–Crippen LogP) is 2.02. The summed E-state index contributed by atoms with van der Waals surface area (Å²) in [5, 5.41) is 15.6. The van der Waals surface area contributed by atoms with Crippen LogP contribution in [-0.4, -0.2) is 36.0 Å². The lowest BCUT2D eigenvalue weighted by molar-refractivity contribution is 0.0456. The second kappa shape index (κ2) is 7.49. The highest BCUT2D eigenvalue weighted by Crippen LogP contribution is 2.09. The minimum Gasteiger partial charge on any atom is -0.454 e. The van der Waals surface area contributed by atoms with Gasteiger partial charge in [-0.1, -0.05) is 31.5 Å². The maximum atomic E-state index is 12.2. The van der Waals surface area contributed by atoms with Crippen LogP contribution in [-0.2, 0) is 17.9 Å². The summed E-state index contributed by atoms with van der Waals surface area (Å²) < 4.78 is 8.57. The molecule has 0 N–H and O–H groups in total. The molecule has 0 saturated carbocycles. The first-order valence-electron chi connectivity index (χ1n) is 7.80. The number of aromatic nitrogens is 6. The minimum atomic E-state index is -0.456. The zero-order chi connectivity index (χ0) is 16.8. The maximum absolute atomic E-state index is 12.2. The standard InChI is InChI=1S/C16H18N6O2/c1-2-3-9-21-15(18-19-20-21)12-24-16(23)13-10-17-22(11-13)14-7-5-4-6-8-14/h4-8,10-11H,2-3,9,12H2,1H3. The van der Waals surface area contributed by atoms with E-state index >= 15 is 0 Å². The van der Waals surface area contributed by atoms with Crippen molar-refractivity contribution in [2.75, 3.05) is 0 Å². The van der Waals surface area contributed by atoms with Crippen LogP contribution in [0.1, 0.15) is 35.9 Å². The van der Waals surface area contributed by atoms with Crippen molar-refractivity contribution in [2.45, 2.75) is 32.9 Å². The van der Waals surface area contributed by atoms with Gasteiger partial charge in [0, 0.05) is 12.7 Å².